The van der Waals surface area contributed by atoms with Gasteiger partial charge in [-0.05, 0) is 36.0 Å². The molecule has 0 amide bonds. The average Bonchev–Trinajstić information content (AvgIpc) is 2.55. The molecule has 0 aliphatic heterocycles. The van der Waals surface area contributed by atoms with Crippen molar-refractivity contribution in [3.05, 3.63) is 34.9 Å². The van der Waals surface area contributed by atoms with Crippen molar-refractivity contribution in [3.8, 4) is 0 Å². The molecule has 0 heterocycles. The zero-order valence-corrected chi connectivity index (χ0v) is 10.6. The summed E-state index contributed by atoms with van der Waals surface area (Å²) in [5.41, 5.74) is 3.83. The Morgan fingerprint density at radius 2 is 2.24 bits per heavy atom. The largest absolute Gasteiger partial charge is 0.481 e. The summed E-state index contributed by atoms with van der Waals surface area (Å²) in [7, 11) is 0. The number of rotatable bonds is 4. The predicted molar refractivity (Wildman–Crippen MR) is 68.4 cm³/mol. The SMILES string of the molecule is CCCc1ccc2c(c1)CCC2(C)CC(=O)O. The summed E-state index contributed by atoms with van der Waals surface area (Å²) in [4.78, 5) is 10.9. The highest BCUT2D eigenvalue weighted by Crippen LogP contribution is 2.41. The number of aliphatic carboxylic acids is 1. The van der Waals surface area contributed by atoms with E-state index in [1.54, 1.807) is 0 Å². The Morgan fingerprint density at radius 3 is 2.88 bits per heavy atom. The van der Waals surface area contributed by atoms with Gasteiger partial charge in [0, 0.05) is 5.41 Å². The van der Waals surface area contributed by atoms with Gasteiger partial charge in [0.2, 0.25) is 0 Å². The fraction of sp³-hybridized carbons (Fsp3) is 0.533. The van der Waals surface area contributed by atoms with Gasteiger partial charge in [0.1, 0.15) is 0 Å². The van der Waals surface area contributed by atoms with Gasteiger partial charge in [-0.15, -0.1) is 0 Å². The third-order valence-electron chi connectivity index (χ3n) is 3.85. The van der Waals surface area contributed by atoms with Crippen LogP contribution in [-0.2, 0) is 23.1 Å². The molecule has 1 aliphatic carbocycles. The maximum Gasteiger partial charge on any atom is 0.304 e. The van der Waals surface area contributed by atoms with Crippen LogP contribution in [-0.4, -0.2) is 11.1 Å². The summed E-state index contributed by atoms with van der Waals surface area (Å²) >= 11 is 0. The molecule has 1 unspecified atom stereocenters. The zero-order valence-electron chi connectivity index (χ0n) is 10.6. The standard InChI is InChI=1S/C15H20O2/c1-3-4-11-5-6-13-12(9-11)7-8-15(13,2)10-14(16)17/h5-6,9H,3-4,7-8,10H2,1-2H3,(H,16,17). The van der Waals surface area contributed by atoms with Crippen LogP contribution in [0.1, 0.15) is 49.8 Å². The van der Waals surface area contributed by atoms with E-state index < -0.39 is 5.97 Å². The molecule has 1 N–H and O–H groups in total. The molecule has 2 rings (SSSR count). The molecule has 2 nitrogen and oxygen atoms in total. The molecule has 2 heteroatoms. The van der Waals surface area contributed by atoms with Gasteiger partial charge in [0.05, 0.1) is 6.42 Å². The second-order valence-corrected chi connectivity index (χ2v) is 5.37. The fourth-order valence-electron chi connectivity index (χ4n) is 2.95. The van der Waals surface area contributed by atoms with Gasteiger partial charge in [-0.1, -0.05) is 38.5 Å². The van der Waals surface area contributed by atoms with Crippen molar-refractivity contribution >= 4 is 5.97 Å². The molecule has 0 aromatic heterocycles. The van der Waals surface area contributed by atoms with Crippen molar-refractivity contribution in [2.45, 2.75) is 51.4 Å². The maximum absolute atomic E-state index is 10.9. The lowest BCUT2D eigenvalue weighted by Crippen LogP contribution is -2.22. The Balaban J connectivity index is 2.29. The Morgan fingerprint density at radius 1 is 1.47 bits per heavy atom. The molecular weight excluding hydrogens is 212 g/mol. The van der Waals surface area contributed by atoms with E-state index in [1.807, 2.05) is 0 Å². The molecule has 92 valence electrons. The van der Waals surface area contributed by atoms with Gasteiger partial charge in [0.15, 0.2) is 0 Å². The van der Waals surface area contributed by atoms with Crippen LogP contribution in [0.15, 0.2) is 18.2 Å². The van der Waals surface area contributed by atoms with E-state index in [4.69, 9.17) is 5.11 Å². The van der Waals surface area contributed by atoms with Crippen molar-refractivity contribution in [3.63, 3.8) is 0 Å². The summed E-state index contributed by atoms with van der Waals surface area (Å²) in [6.45, 7) is 4.26. The second kappa shape index (κ2) is 4.52. The highest BCUT2D eigenvalue weighted by molar-refractivity contribution is 5.69. The Hall–Kier alpha value is -1.31. The van der Waals surface area contributed by atoms with Crippen molar-refractivity contribution < 1.29 is 9.90 Å². The summed E-state index contributed by atoms with van der Waals surface area (Å²) < 4.78 is 0. The minimum absolute atomic E-state index is 0.161. The first-order valence-corrected chi connectivity index (χ1v) is 6.39. The van der Waals surface area contributed by atoms with E-state index >= 15 is 0 Å². The van der Waals surface area contributed by atoms with Crippen LogP contribution in [0.25, 0.3) is 0 Å². The molecule has 0 radical (unpaired) electrons. The highest BCUT2D eigenvalue weighted by Gasteiger charge is 2.36. The van der Waals surface area contributed by atoms with Gasteiger partial charge in [0.25, 0.3) is 0 Å². The van der Waals surface area contributed by atoms with E-state index in [-0.39, 0.29) is 11.8 Å². The monoisotopic (exact) mass is 232 g/mol. The van der Waals surface area contributed by atoms with Gasteiger partial charge >= 0.3 is 5.97 Å². The molecule has 17 heavy (non-hydrogen) atoms. The number of carboxylic acid groups (broad SMARTS) is 1. The number of carbonyl (C=O) groups is 1. The Labute approximate surface area is 103 Å². The van der Waals surface area contributed by atoms with Crippen LogP contribution in [0.5, 0.6) is 0 Å². The lowest BCUT2D eigenvalue weighted by atomic mass is 9.81. The third-order valence-corrected chi connectivity index (χ3v) is 3.85. The second-order valence-electron chi connectivity index (χ2n) is 5.37. The van der Waals surface area contributed by atoms with Crippen LogP contribution in [0.3, 0.4) is 0 Å². The quantitative estimate of drug-likeness (QED) is 0.864. The van der Waals surface area contributed by atoms with Crippen LogP contribution < -0.4 is 0 Å². The Bertz CT molecular complexity index is 437. The van der Waals surface area contributed by atoms with E-state index in [0.717, 1.165) is 25.7 Å². The van der Waals surface area contributed by atoms with Gasteiger partial charge < -0.3 is 5.11 Å². The number of aryl methyl sites for hydroxylation is 2. The third kappa shape index (κ3) is 2.36. The molecule has 0 saturated heterocycles. The number of carboxylic acids is 1. The molecule has 0 bridgehead atoms. The van der Waals surface area contributed by atoms with E-state index in [9.17, 15) is 4.79 Å². The maximum atomic E-state index is 10.9. The van der Waals surface area contributed by atoms with E-state index in [1.165, 1.54) is 16.7 Å². The molecule has 1 aromatic rings. The smallest absolute Gasteiger partial charge is 0.304 e. The van der Waals surface area contributed by atoms with E-state index in [0.29, 0.717) is 0 Å². The zero-order chi connectivity index (χ0) is 12.5. The van der Waals surface area contributed by atoms with Crippen LogP contribution in [0, 0.1) is 0 Å². The minimum atomic E-state index is -0.696. The van der Waals surface area contributed by atoms with Crippen LogP contribution >= 0.6 is 0 Å². The highest BCUT2D eigenvalue weighted by atomic mass is 16.4. The molecule has 0 saturated carbocycles. The lowest BCUT2D eigenvalue weighted by Gasteiger charge is -2.23. The van der Waals surface area contributed by atoms with Crippen molar-refractivity contribution in [1.82, 2.24) is 0 Å². The summed E-state index contributed by atoms with van der Waals surface area (Å²) in [6, 6.07) is 6.58. The molecular formula is C15H20O2. The molecule has 0 fully saturated rings. The first-order valence-electron chi connectivity index (χ1n) is 6.39. The normalized spacial score (nSPS) is 22.5. The summed E-state index contributed by atoms with van der Waals surface area (Å²) in [6.07, 6.45) is 4.50. The molecule has 1 aromatic carbocycles. The van der Waals surface area contributed by atoms with Crippen molar-refractivity contribution in [2.75, 3.05) is 0 Å². The minimum Gasteiger partial charge on any atom is -0.481 e. The molecule has 1 aliphatic rings. The van der Waals surface area contributed by atoms with Gasteiger partial charge in [-0.25, -0.2) is 0 Å². The fourth-order valence-corrected chi connectivity index (χ4v) is 2.95. The molecule has 1 atom stereocenters. The van der Waals surface area contributed by atoms with Crippen LogP contribution in [0.2, 0.25) is 0 Å². The van der Waals surface area contributed by atoms with Gasteiger partial charge in [-0.2, -0.15) is 0 Å². The summed E-state index contributed by atoms with van der Waals surface area (Å²) in [5, 5.41) is 9.00. The first kappa shape index (κ1) is 12.2. The molecule has 0 spiro atoms. The van der Waals surface area contributed by atoms with Gasteiger partial charge in [-0.3, -0.25) is 4.79 Å². The number of hydrogen-bond acceptors (Lipinski definition) is 1. The topological polar surface area (TPSA) is 37.3 Å². The first-order chi connectivity index (χ1) is 8.05. The van der Waals surface area contributed by atoms with Crippen molar-refractivity contribution in [2.24, 2.45) is 0 Å². The number of hydrogen-bond donors (Lipinski definition) is 1. The average molecular weight is 232 g/mol. The number of fused-ring (bicyclic) bond motifs is 1. The van der Waals surface area contributed by atoms with Crippen LogP contribution in [0.4, 0.5) is 0 Å². The Kier molecular flexibility index (Phi) is 3.23. The van der Waals surface area contributed by atoms with Crippen molar-refractivity contribution in [1.29, 1.82) is 0 Å². The predicted octanol–water partition coefficient (Wildman–Crippen LogP) is 3.32. The lowest BCUT2D eigenvalue weighted by molar-refractivity contribution is -0.138. The summed E-state index contributed by atoms with van der Waals surface area (Å²) in [5.74, 6) is -0.696. The van der Waals surface area contributed by atoms with E-state index in [2.05, 4.69) is 32.0 Å². The number of benzene rings is 1.